The number of ether oxygens (including phenoxy) is 1. The minimum Gasteiger partial charge on any atom is -0.494 e. The zero-order chi connectivity index (χ0) is 19.2. The van der Waals surface area contributed by atoms with Gasteiger partial charge in [-0.05, 0) is 49.1 Å². The normalized spacial score (nSPS) is 15.4. The van der Waals surface area contributed by atoms with Crippen LogP contribution in [0.25, 0.3) is 0 Å². The smallest absolute Gasteiger partial charge is 0.319 e. The third-order valence-electron chi connectivity index (χ3n) is 4.94. The maximum atomic E-state index is 13.8. The Morgan fingerprint density at radius 1 is 1.22 bits per heavy atom. The number of para-hydroxylation sites is 1. The second kappa shape index (κ2) is 8.86. The largest absolute Gasteiger partial charge is 0.494 e. The van der Waals surface area contributed by atoms with E-state index in [0.717, 1.165) is 42.7 Å². The van der Waals surface area contributed by atoms with Gasteiger partial charge in [0.05, 0.1) is 7.11 Å². The molecule has 0 atom stereocenters. The van der Waals surface area contributed by atoms with Crippen molar-refractivity contribution in [3.05, 3.63) is 59.4 Å². The zero-order valence-corrected chi connectivity index (χ0v) is 15.8. The predicted octanol–water partition coefficient (Wildman–Crippen LogP) is 3.93. The Bertz CT molecular complexity index is 789. The van der Waals surface area contributed by atoms with Crippen molar-refractivity contribution < 1.29 is 13.9 Å². The molecule has 5 nitrogen and oxygen atoms in total. The van der Waals surface area contributed by atoms with E-state index in [4.69, 9.17) is 4.74 Å². The Hall–Kier alpha value is -2.60. The number of rotatable bonds is 5. The van der Waals surface area contributed by atoms with Gasteiger partial charge < -0.3 is 15.4 Å². The lowest BCUT2D eigenvalue weighted by molar-refractivity contribution is 0.189. The predicted molar refractivity (Wildman–Crippen MR) is 105 cm³/mol. The fourth-order valence-electron chi connectivity index (χ4n) is 3.36. The highest BCUT2D eigenvalue weighted by Gasteiger charge is 2.21. The summed E-state index contributed by atoms with van der Waals surface area (Å²) in [6.45, 7) is 4.39. The van der Waals surface area contributed by atoms with Crippen LogP contribution in [0.1, 0.15) is 24.0 Å². The lowest BCUT2D eigenvalue weighted by atomic mass is 10.0. The average molecular weight is 371 g/mol. The topological polar surface area (TPSA) is 53.6 Å². The molecule has 0 radical (unpaired) electrons. The van der Waals surface area contributed by atoms with Crippen LogP contribution in [0.2, 0.25) is 0 Å². The molecule has 1 heterocycles. The van der Waals surface area contributed by atoms with Crippen LogP contribution in [-0.2, 0) is 6.54 Å². The number of likely N-dealkylation sites (tertiary alicyclic amines) is 1. The minimum atomic E-state index is -0.334. The molecule has 0 bridgehead atoms. The summed E-state index contributed by atoms with van der Waals surface area (Å²) in [5, 5.41) is 5.96. The Morgan fingerprint density at radius 3 is 2.63 bits per heavy atom. The Kier molecular flexibility index (Phi) is 6.29. The Morgan fingerprint density at radius 2 is 1.96 bits per heavy atom. The number of hydrogen-bond acceptors (Lipinski definition) is 3. The van der Waals surface area contributed by atoms with Crippen molar-refractivity contribution in [1.82, 2.24) is 10.2 Å². The number of carbonyl (C=O) groups is 1. The van der Waals surface area contributed by atoms with Gasteiger partial charge in [-0.25, -0.2) is 9.18 Å². The average Bonchev–Trinajstić information content (AvgIpc) is 2.65. The summed E-state index contributed by atoms with van der Waals surface area (Å²) >= 11 is 0. The van der Waals surface area contributed by atoms with Gasteiger partial charge in [-0.2, -0.15) is 0 Å². The molecule has 1 aliphatic rings. The van der Waals surface area contributed by atoms with Crippen molar-refractivity contribution in [2.45, 2.75) is 32.4 Å². The molecule has 0 spiro atoms. The number of amides is 2. The lowest BCUT2D eigenvalue weighted by Crippen LogP contribution is -2.45. The summed E-state index contributed by atoms with van der Waals surface area (Å²) in [7, 11) is 1.46. The van der Waals surface area contributed by atoms with E-state index in [0.29, 0.717) is 6.54 Å². The van der Waals surface area contributed by atoms with Crippen LogP contribution in [0.15, 0.2) is 42.5 Å². The van der Waals surface area contributed by atoms with Crippen molar-refractivity contribution in [2.75, 3.05) is 25.5 Å². The van der Waals surface area contributed by atoms with E-state index in [1.54, 1.807) is 6.07 Å². The van der Waals surface area contributed by atoms with Crippen molar-refractivity contribution in [1.29, 1.82) is 0 Å². The summed E-state index contributed by atoms with van der Waals surface area (Å²) in [6.07, 6.45) is 1.75. The molecule has 2 amide bonds. The van der Waals surface area contributed by atoms with E-state index in [1.807, 2.05) is 37.3 Å². The van der Waals surface area contributed by atoms with E-state index < -0.39 is 0 Å². The van der Waals surface area contributed by atoms with Crippen molar-refractivity contribution in [2.24, 2.45) is 0 Å². The van der Waals surface area contributed by atoms with E-state index in [2.05, 4.69) is 15.5 Å². The summed E-state index contributed by atoms with van der Waals surface area (Å²) < 4.78 is 18.8. The number of carbonyl (C=O) groups excluding carboxylic acids is 1. The third kappa shape index (κ3) is 5.20. The standard InChI is InChI=1S/C21H26FN3O2/c1-15-5-3-4-6-19(15)24-21(26)23-17-9-11-25(12-10-17)14-16-7-8-20(27-2)18(22)13-16/h3-8,13,17H,9-12,14H2,1-2H3,(H2,23,24,26). The first-order valence-corrected chi connectivity index (χ1v) is 9.23. The van der Waals surface area contributed by atoms with E-state index >= 15 is 0 Å². The van der Waals surface area contributed by atoms with Crippen LogP contribution in [0.5, 0.6) is 5.75 Å². The number of nitrogens with one attached hydrogen (secondary N) is 2. The molecular weight excluding hydrogens is 345 g/mol. The van der Waals surface area contributed by atoms with Crippen molar-refractivity contribution >= 4 is 11.7 Å². The molecule has 2 N–H and O–H groups in total. The van der Waals surface area contributed by atoms with Gasteiger partial charge in [0.2, 0.25) is 0 Å². The van der Waals surface area contributed by atoms with Gasteiger partial charge in [0, 0.05) is 31.4 Å². The third-order valence-corrected chi connectivity index (χ3v) is 4.94. The van der Waals surface area contributed by atoms with Crippen molar-refractivity contribution in [3.63, 3.8) is 0 Å². The van der Waals surface area contributed by atoms with Crippen LogP contribution in [0.3, 0.4) is 0 Å². The molecular formula is C21H26FN3O2. The second-order valence-corrected chi connectivity index (χ2v) is 6.93. The van der Waals surface area contributed by atoms with Crippen LogP contribution in [0.4, 0.5) is 14.9 Å². The molecule has 0 aliphatic carbocycles. The molecule has 1 aliphatic heterocycles. The highest BCUT2D eigenvalue weighted by Crippen LogP contribution is 2.20. The maximum Gasteiger partial charge on any atom is 0.319 e. The van der Waals surface area contributed by atoms with Gasteiger partial charge in [-0.15, -0.1) is 0 Å². The first-order chi connectivity index (χ1) is 13.0. The number of nitrogens with zero attached hydrogens (tertiary/aromatic N) is 1. The maximum absolute atomic E-state index is 13.8. The SMILES string of the molecule is COc1ccc(CN2CCC(NC(=O)Nc3ccccc3C)CC2)cc1F. The summed E-state index contributed by atoms with van der Waals surface area (Å²) in [5.41, 5.74) is 2.79. The van der Waals surface area contributed by atoms with Gasteiger partial charge in [0.25, 0.3) is 0 Å². The highest BCUT2D eigenvalue weighted by atomic mass is 19.1. The lowest BCUT2D eigenvalue weighted by Gasteiger charge is -2.32. The van der Waals surface area contributed by atoms with Crippen LogP contribution >= 0.6 is 0 Å². The monoisotopic (exact) mass is 371 g/mol. The van der Waals surface area contributed by atoms with Crippen LogP contribution in [-0.4, -0.2) is 37.2 Å². The fourth-order valence-corrected chi connectivity index (χ4v) is 3.36. The number of halogens is 1. The molecule has 0 unspecified atom stereocenters. The van der Waals surface area contributed by atoms with E-state index in [1.165, 1.54) is 13.2 Å². The molecule has 2 aromatic rings. The Balaban J connectivity index is 1.45. The van der Waals surface area contributed by atoms with Gasteiger partial charge >= 0.3 is 6.03 Å². The molecule has 144 valence electrons. The zero-order valence-electron chi connectivity index (χ0n) is 15.8. The first kappa shape index (κ1) is 19.2. The number of benzene rings is 2. The minimum absolute atomic E-state index is 0.151. The van der Waals surface area contributed by atoms with E-state index in [9.17, 15) is 9.18 Å². The van der Waals surface area contributed by atoms with Gasteiger partial charge in [0.1, 0.15) is 0 Å². The second-order valence-electron chi connectivity index (χ2n) is 6.93. The van der Waals surface area contributed by atoms with Gasteiger partial charge in [-0.3, -0.25) is 4.90 Å². The molecule has 1 fully saturated rings. The number of methoxy groups -OCH3 is 1. The fraction of sp³-hybridized carbons (Fsp3) is 0.381. The number of urea groups is 1. The van der Waals surface area contributed by atoms with Gasteiger partial charge in [-0.1, -0.05) is 24.3 Å². The molecule has 1 saturated heterocycles. The summed E-state index contributed by atoms with van der Waals surface area (Å²) in [4.78, 5) is 14.5. The van der Waals surface area contributed by atoms with Crippen LogP contribution < -0.4 is 15.4 Å². The number of aryl methyl sites for hydroxylation is 1. The van der Waals surface area contributed by atoms with Crippen molar-refractivity contribution in [3.8, 4) is 5.75 Å². The number of anilines is 1. The molecule has 0 aromatic heterocycles. The number of piperidine rings is 1. The Labute approximate surface area is 159 Å². The molecule has 0 saturated carbocycles. The number of hydrogen-bond donors (Lipinski definition) is 2. The summed E-state index contributed by atoms with van der Waals surface area (Å²) in [5.74, 6) is -0.0687. The summed E-state index contributed by atoms with van der Waals surface area (Å²) in [6, 6.07) is 12.8. The first-order valence-electron chi connectivity index (χ1n) is 9.23. The molecule has 3 rings (SSSR count). The highest BCUT2D eigenvalue weighted by molar-refractivity contribution is 5.90. The quantitative estimate of drug-likeness (QED) is 0.837. The van der Waals surface area contributed by atoms with Crippen LogP contribution in [0, 0.1) is 12.7 Å². The van der Waals surface area contributed by atoms with Gasteiger partial charge in [0.15, 0.2) is 11.6 Å². The molecule has 2 aromatic carbocycles. The molecule has 6 heteroatoms. The van der Waals surface area contributed by atoms with E-state index in [-0.39, 0.29) is 23.6 Å². The molecule has 27 heavy (non-hydrogen) atoms.